The largest absolute Gasteiger partial charge is 0.398 e. The molecule has 164 valence electrons. The molecule has 0 saturated heterocycles. The first-order valence-electron chi connectivity index (χ1n) is 11.1. The zero-order chi connectivity index (χ0) is 22.3. The van der Waals surface area contributed by atoms with E-state index < -0.39 is 0 Å². The molecule has 0 unspecified atom stereocenters. The Morgan fingerprint density at radius 3 is 2.72 bits per heavy atom. The van der Waals surface area contributed by atoms with E-state index in [1.165, 1.54) is 24.8 Å². The van der Waals surface area contributed by atoms with Gasteiger partial charge in [-0.15, -0.1) is 0 Å². The second kappa shape index (κ2) is 10.1. The number of nitrogens with zero attached hydrogens (tertiary/aromatic N) is 2. The normalized spacial score (nSPS) is 13.3. The summed E-state index contributed by atoms with van der Waals surface area (Å²) in [6, 6.07) is 15.0. The SMILES string of the molecule is Cc1c(N)cccc1-c1ccnc(Nc2ccc(C(=O)NCCC3=CCCCC3)cc2)n1. The number of anilines is 3. The number of carbonyl (C=O) groups excluding carboxylic acids is 1. The second-order valence-electron chi connectivity index (χ2n) is 8.10. The van der Waals surface area contributed by atoms with Gasteiger partial charge in [-0.1, -0.05) is 23.8 Å². The van der Waals surface area contributed by atoms with Crippen molar-refractivity contribution in [3.05, 3.63) is 77.5 Å². The van der Waals surface area contributed by atoms with E-state index in [2.05, 4.69) is 26.7 Å². The second-order valence-corrected chi connectivity index (χ2v) is 8.10. The van der Waals surface area contributed by atoms with E-state index in [1.807, 2.05) is 55.5 Å². The van der Waals surface area contributed by atoms with Crippen LogP contribution in [0.15, 0.2) is 66.4 Å². The van der Waals surface area contributed by atoms with Crippen LogP contribution >= 0.6 is 0 Å². The number of carbonyl (C=O) groups is 1. The number of nitrogen functional groups attached to an aromatic ring is 1. The molecule has 0 saturated carbocycles. The molecule has 4 N–H and O–H groups in total. The molecule has 1 aliphatic carbocycles. The summed E-state index contributed by atoms with van der Waals surface area (Å²) in [5.41, 5.74) is 12.5. The molecular formula is C26H29N5O. The number of benzene rings is 2. The minimum Gasteiger partial charge on any atom is -0.398 e. The summed E-state index contributed by atoms with van der Waals surface area (Å²) in [7, 11) is 0. The van der Waals surface area contributed by atoms with Crippen LogP contribution in [-0.2, 0) is 0 Å². The maximum absolute atomic E-state index is 12.4. The molecule has 0 radical (unpaired) electrons. The Labute approximate surface area is 189 Å². The van der Waals surface area contributed by atoms with Gasteiger partial charge in [0.05, 0.1) is 5.69 Å². The summed E-state index contributed by atoms with van der Waals surface area (Å²) >= 11 is 0. The Hall–Kier alpha value is -3.67. The van der Waals surface area contributed by atoms with E-state index in [0.717, 1.165) is 41.0 Å². The van der Waals surface area contributed by atoms with E-state index >= 15 is 0 Å². The minimum absolute atomic E-state index is 0.0525. The van der Waals surface area contributed by atoms with E-state index in [4.69, 9.17) is 5.73 Å². The van der Waals surface area contributed by atoms with Gasteiger partial charge in [0.15, 0.2) is 0 Å². The predicted octanol–water partition coefficient (Wildman–Crippen LogP) is 5.40. The van der Waals surface area contributed by atoms with Crippen molar-refractivity contribution in [3.63, 3.8) is 0 Å². The highest BCUT2D eigenvalue weighted by Crippen LogP contribution is 2.26. The maximum Gasteiger partial charge on any atom is 0.251 e. The van der Waals surface area contributed by atoms with Gasteiger partial charge in [-0.05, 0) is 81.0 Å². The highest BCUT2D eigenvalue weighted by atomic mass is 16.1. The first-order chi connectivity index (χ1) is 15.6. The fraction of sp³-hybridized carbons (Fsp3) is 0.269. The molecule has 1 amide bonds. The molecule has 0 aliphatic heterocycles. The van der Waals surface area contributed by atoms with Gasteiger partial charge in [-0.3, -0.25) is 4.79 Å². The zero-order valence-electron chi connectivity index (χ0n) is 18.4. The van der Waals surface area contributed by atoms with Gasteiger partial charge in [-0.25, -0.2) is 9.97 Å². The number of nitrogens with two attached hydrogens (primary N) is 1. The van der Waals surface area contributed by atoms with Gasteiger partial charge in [0.25, 0.3) is 5.91 Å². The lowest BCUT2D eigenvalue weighted by Crippen LogP contribution is -2.24. The van der Waals surface area contributed by atoms with Crippen LogP contribution in [0, 0.1) is 6.92 Å². The third-order valence-corrected chi connectivity index (χ3v) is 5.83. The van der Waals surface area contributed by atoms with E-state index in [1.54, 1.807) is 6.20 Å². The van der Waals surface area contributed by atoms with E-state index in [9.17, 15) is 4.79 Å². The number of nitrogens with one attached hydrogen (secondary N) is 2. The molecule has 2 aromatic carbocycles. The van der Waals surface area contributed by atoms with Gasteiger partial charge in [0, 0.05) is 35.2 Å². The molecule has 1 aromatic heterocycles. The number of rotatable bonds is 7. The summed E-state index contributed by atoms with van der Waals surface area (Å²) in [5.74, 6) is 0.436. The Kier molecular flexibility index (Phi) is 6.80. The Bertz CT molecular complexity index is 1120. The summed E-state index contributed by atoms with van der Waals surface area (Å²) < 4.78 is 0. The molecule has 6 nitrogen and oxygen atoms in total. The Morgan fingerprint density at radius 2 is 1.94 bits per heavy atom. The van der Waals surface area contributed by atoms with Gasteiger partial charge in [0.2, 0.25) is 5.95 Å². The first-order valence-corrected chi connectivity index (χ1v) is 11.1. The van der Waals surface area contributed by atoms with E-state index in [-0.39, 0.29) is 5.91 Å². The van der Waals surface area contributed by atoms with Gasteiger partial charge in [-0.2, -0.15) is 0 Å². The van der Waals surface area contributed by atoms with Crippen LogP contribution in [0.3, 0.4) is 0 Å². The third-order valence-electron chi connectivity index (χ3n) is 5.83. The average molecular weight is 428 g/mol. The molecule has 1 aliphatic rings. The monoisotopic (exact) mass is 427 g/mol. The van der Waals surface area contributed by atoms with Crippen molar-refractivity contribution in [3.8, 4) is 11.3 Å². The van der Waals surface area contributed by atoms with Crippen molar-refractivity contribution in [1.82, 2.24) is 15.3 Å². The van der Waals surface area contributed by atoms with Crippen molar-refractivity contribution < 1.29 is 4.79 Å². The molecule has 6 heteroatoms. The van der Waals surface area contributed by atoms with Crippen LogP contribution < -0.4 is 16.4 Å². The van der Waals surface area contributed by atoms with Crippen molar-refractivity contribution in [2.75, 3.05) is 17.6 Å². The van der Waals surface area contributed by atoms with Gasteiger partial charge >= 0.3 is 0 Å². The molecular weight excluding hydrogens is 398 g/mol. The lowest BCUT2D eigenvalue weighted by Gasteiger charge is -2.13. The van der Waals surface area contributed by atoms with Crippen LogP contribution in [0.25, 0.3) is 11.3 Å². The van der Waals surface area contributed by atoms with E-state index in [0.29, 0.717) is 18.1 Å². The molecule has 4 rings (SSSR count). The van der Waals surface area contributed by atoms with Crippen molar-refractivity contribution in [2.45, 2.75) is 39.0 Å². The van der Waals surface area contributed by atoms with Crippen molar-refractivity contribution >= 4 is 23.2 Å². The van der Waals surface area contributed by atoms with Crippen LogP contribution in [0.2, 0.25) is 0 Å². The van der Waals surface area contributed by atoms with Gasteiger partial charge < -0.3 is 16.4 Å². The number of aromatic nitrogens is 2. The van der Waals surface area contributed by atoms with Crippen LogP contribution in [0.1, 0.15) is 48.0 Å². The molecule has 0 bridgehead atoms. The molecule has 0 fully saturated rings. The number of amides is 1. The van der Waals surface area contributed by atoms with Crippen LogP contribution in [-0.4, -0.2) is 22.4 Å². The number of hydrogen-bond acceptors (Lipinski definition) is 5. The average Bonchev–Trinajstić information content (AvgIpc) is 2.82. The Balaban J connectivity index is 1.37. The smallest absolute Gasteiger partial charge is 0.251 e. The summed E-state index contributed by atoms with van der Waals surface area (Å²) in [5, 5.41) is 6.22. The molecule has 3 aromatic rings. The quantitative estimate of drug-likeness (QED) is 0.347. The highest BCUT2D eigenvalue weighted by molar-refractivity contribution is 5.94. The minimum atomic E-state index is -0.0525. The van der Waals surface area contributed by atoms with Crippen LogP contribution in [0.4, 0.5) is 17.3 Å². The lowest BCUT2D eigenvalue weighted by molar-refractivity contribution is 0.0954. The molecule has 1 heterocycles. The molecule has 0 spiro atoms. The molecule has 0 atom stereocenters. The maximum atomic E-state index is 12.4. The third kappa shape index (κ3) is 5.32. The number of allylic oxidation sites excluding steroid dienone is 1. The fourth-order valence-corrected chi connectivity index (χ4v) is 3.90. The Morgan fingerprint density at radius 1 is 1.09 bits per heavy atom. The topological polar surface area (TPSA) is 92.9 Å². The van der Waals surface area contributed by atoms with Crippen molar-refractivity contribution in [1.29, 1.82) is 0 Å². The standard InChI is InChI=1S/C26H29N5O/c1-18-22(8-5-9-23(18)27)24-15-17-29-26(31-24)30-21-12-10-20(11-13-21)25(32)28-16-14-19-6-3-2-4-7-19/h5-6,8-13,15,17H,2-4,7,14,16,27H2,1H3,(H,28,32)(H,29,30,31). The predicted molar refractivity (Wildman–Crippen MR) is 130 cm³/mol. The van der Waals surface area contributed by atoms with Crippen molar-refractivity contribution in [2.24, 2.45) is 0 Å². The summed E-state index contributed by atoms with van der Waals surface area (Å²) in [4.78, 5) is 21.4. The lowest BCUT2D eigenvalue weighted by atomic mass is 9.97. The zero-order valence-corrected chi connectivity index (χ0v) is 18.4. The number of hydrogen-bond donors (Lipinski definition) is 3. The fourth-order valence-electron chi connectivity index (χ4n) is 3.90. The molecule has 32 heavy (non-hydrogen) atoms. The summed E-state index contributed by atoms with van der Waals surface area (Å²) in [6.45, 7) is 2.66. The van der Waals surface area contributed by atoms with Gasteiger partial charge in [0.1, 0.15) is 0 Å². The highest BCUT2D eigenvalue weighted by Gasteiger charge is 2.09. The first kappa shape index (κ1) is 21.6. The summed E-state index contributed by atoms with van der Waals surface area (Å²) in [6.07, 6.45) is 9.86. The van der Waals surface area contributed by atoms with Crippen LogP contribution in [0.5, 0.6) is 0 Å².